The number of fused-ring (bicyclic) bond motifs is 1. The highest BCUT2D eigenvalue weighted by Gasteiger charge is 2.25. The summed E-state index contributed by atoms with van der Waals surface area (Å²) in [7, 11) is 2.83. The van der Waals surface area contributed by atoms with Gasteiger partial charge in [-0.25, -0.2) is 4.79 Å². The van der Waals surface area contributed by atoms with Gasteiger partial charge in [-0.05, 0) is 24.6 Å². The number of aromatic nitrogens is 2. The van der Waals surface area contributed by atoms with E-state index >= 15 is 0 Å². The van der Waals surface area contributed by atoms with E-state index in [0.717, 1.165) is 16.5 Å². The fraction of sp³-hybridized carbons (Fsp3) is 0.263. The number of H-pyrrole nitrogens is 1. The monoisotopic (exact) mass is 340 g/mol. The van der Waals surface area contributed by atoms with Crippen molar-refractivity contribution in [2.45, 2.75) is 19.4 Å². The molecule has 3 aromatic rings. The van der Waals surface area contributed by atoms with E-state index in [1.54, 1.807) is 13.0 Å². The number of aryl methyl sites for hydroxylation is 1. The van der Waals surface area contributed by atoms with Crippen molar-refractivity contribution in [3.8, 4) is 5.75 Å². The molecule has 0 unspecified atom stereocenters. The second-order valence-corrected chi connectivity index (χ2v) is 5.85. The molecule has 1 aromatic carbocycles. The Bertz CT molecular complexity index is 971. The van der Waals surface area contributed by atoms with E-state index in [-0.39, 0.29) is 5.56 Å². The molecule has 0 spiro atoms. The van der Waals surface area contributed by atoms with Gasteiger partial charge in [0, 0.05) is 35.3 Å². The minimum absolute atomic E-state index is 0.299. The van der Waals surface area contributed by atoms with Crippen molar-refractivity contribution in [3.63, 3.8) is 0 Å². The van der Waals surface area contributed by atoms with Gasteiger partial charge in [-0.15, -0.1) is 0 Å². The number of ether oxygens (including phenoxy) is 2. The number of carbonyl (C=O) groups is 1. The van der Waals surface area contributed by atoms with Crippen LogP contribution in [0.5, 0.6) is 5.75 Å². The van der Waals surface area contributed by atoms with E-state index in [9.17, 15) is 9.59 Å². The Labute approximate surface area is 145 Å². The highest BCUT2D eigenvalue weighted by molar-refractivity contribution is 5.84. The van der Waals surface area contributed by atoms with Crippen molar-refractivity contribution in [2.75, 3.05) is 14.2 Å². The zero-order chi connectivity index (χ0) is 18.0. The molecular weight excluding hydrogens is 320 g/mol. The number of nitrogens with one attached hydrogen (secondary N) is 1. The summed E-state index contributed by atoms with van der Waals surface area (Å²) in [5, 5.41) is 1.02. The quantitative estimate of drug-likeness (QED) is 0.725. The van der Waals surface area contributed by atoms with Gasteiger partial charge in [-0.1, -0.05) is 18.2 Å². The van der Waals surface area contributed by atoms with Crippen molar-refractivity contribution in [1.29, 1.82) is 0 Å². The molecule has 0 fully saturated rings. The van der Waals surface area contributed by atoms with Crippen LogP contribution in [0, 0.1) is 6.92 Å². The normalized spacial score (nSPS) is 12.1. The van der Waals surface area contributed by atoms with Crippen LogP contribution in [0.1, 0.15) is 17.3 Å². The number of rotatable bonds is 5. The number of pyridine rings is 1. The van der Waals surface area contributed by atoms with Gasteiger partial charge in [0.2, 0.25) is 0 Å². The summed E-state index contributed by atoms with van der Waals surface area (Å²) in [5.41, 5.74) is 2.28. The van der Waals surface area contributed by atoms with Crippen LogP contribution in [-0.4, -0.2) is 29.7 Å². The molecule has 0 radical (unpaired) electrons. The number of hydrogen-bond acceptors (Lipinski definition) is 4. The lowest BCUT2D eigenvalue weighted by Gasteiger charge is -2.20. The summed E-state index contributed by atoms with van der Waals surface area (Å²) in [5.74, 6) is 0.00936. The first-order valence-corrected chi connectivity index (χ1v) is 7.95. The van der Waals surface area contributed by atoms with Gasteiger partial charge in [0.05, 0.1) is 14.2 Å². The molecule has 0 aliphatic rings. The zero-order valence-corrected chi connectivity index (χ0v) is 14.4. The second-order valence-electron chi connectivity index (χ2n) is 5.85. The SMILES string of the molecule is COC(=O)[C@H](Cc1c[nH]c2ccccc12)n1c(C)cc(OC)cc1=O. The second kappa shape index (κ2) is 6.84. The fourth-order valence-electron chi connectivity index (χ4n) is 3.12. The summed E-state index contributed by atoms with van der Waals surface area (Å²) in [6.07, 6.45) is 2.22. The molecule has 6 heteroatoms. The zero-order valence-electron chi connectivity index (χ0n) is 14.4. The number of aromatic amines is 1. The molecule has 0 amide bonds. The number of methoxy groups -OCH3 is 2. The number of para-hydroxylation sites is 1. The molecule has 0 saturated heterocycles. The summed E-state index contributed by atoms with van der Waals surface area (Å²) >= 11 is 0. The highest BCUT2D eigenvalue weighted by atomic mass is 16.5. The highest BCUT2D eigenvalue weighted by Crippen LogP contribution is 2.24. The van der Waals surface area contributed by atoms with Crippen molar-refractivity contribution in [3.05, 3.63) is 64.2 Å². The van der Waals surface area contributed by atoms with Gasteiger partial charge >= 0.3 is 5.97 Å². The van der Waals surface area contributed by atoms with Gasteiger partial charge in [0.15, 0.2) is 0 Å². The van der Waals surface area contributed by atoms with Crippen LogP contribution in [0.3, 0.4) is 0 Å². The average molecular weight is 340 g/mol. The van der Waals surface area contributed by atoms with Crippen LogP contribution < -0.4 is 10.3 Å². The molecule has 2 aromatic heterocycles. The molecule has 0 aliphatic heterocycles. The molecule has 25 heavy (non-hydrogen) atoms. The Morgan fingerprint density at radius 2 is 2.00 bits per heavy atom. The lowest BCUT2D eigenvalue weighted by molar-refractivity contribution is -0.144. The van der Waals surface area contributed by atoms with Crippen LogP contribution >= 0.6 is 0 Å². The molecular formula is C19H20N2O4. The molecule has 6 nitrogen and oxygen atoms in total. The lowest BCUT2D eigenvalue weighted by Crippen LogP contribution is -2.33. The first kappa shape index (κ1) is 16.8. The first-order valence-electron chi connectivity index (χ1n) is 7.95. The summed E-state index contributed by atoms with van der Waals surface area (Å²) < 4.78 is 11.5. The van der Waals surface area contributed by atoms with Gasteiger partial charge in [-0.3, -0.25) is 9.36 Å². The van der Waals surface area contributed by atoms with E-state index in [1.165, 1.54) is 24.9 Å². The molecule has 3 rings (SSSR count). The Morgan fingerprint density at radius 1 is 1.24 bits per heavy atom. The molecule has 1 atom stereocenters. The minimum atomic E-state index is -0.748. The maximum absolute atomic E-state index is 12.5. The van der Waals surface area contributed by atoms with Crippen molar-refractivity contribution in [1.82, 2.24) is 9.55 Å². The van der Waals surface area contributed by atoms with Crippen molar-refractivity contribution >= 4 is 16.9 Å². The summed E-state index contributed by atoms with van der Waals surface area (Å²) in [6, 6.07) is 10.2. The molecule has 0 saturated carbocycles. The molecule has 0 bridgehead atoms. The maximum atomic E-state index is 12.5. The van der Waals surface area contributed by atoms with E-state index < -0.39 is 12.0 Å². The van der Waals surface area contributed by atoms with Crippen LogP contribution in [-0.2, 0) is 16.0 Å². The summed E-state index contributed by atoms with van der Waals surface area (Å²) in [6.45, 7) is 1.77. The standard InChI is InChI=1S/C19H20N2O4/c1-12-8-14(24-2)10-18(22)21(12)17(19(23)25-3)9-13-11-20-16-7-5-4-6-15(13)16/h4-8,10-11,17,20H,9H2,1-3H3/t17-/m0/s1. The molecule has 2 heterocycles. The van der Waals surface area contributed by atoms with E-state index in [2.05, 4.69) is 4.98 Å². The van der Waals surface area contributed by atoms with Crippen LogP contribution in [0.2, 0.25) is 0 Å². The van der Waals surface area contributed by atoms with Crippen molar-refractivity contribution < 1.29 is 14.3 Å². The third-order valence-electron chi connectivity index (χ3n) is 4.34. The van der Waals surface area contributed by atoms with Crippen molar-refractivity contribution in [2.24, 2.45) is 0 Å². The van der Waals surface area contributed by atoms with Gasteiger partial charge in [0.25, 0.3) is 5.56 Å². The number of benzene rings is 1. The minimum Gasteiger partial charge on any atom is -0.496 e. The largest absolute Gasteiger partial charge is 0.496 e. The predicted molar refractivity (Wildman–Crippen MR) is 95.0 cm³/mol. The predicted octanol–water partition coefficient (Wildman–Crippen LogP) is 2.60. The van der Waals surface area contributed by atoms with Crippen LogP contribution in [0.4, 0.5) is 0 Å². The average Bonchev–Trinajstić information content (AvgIpc) is 3.02. The van der Waals surface area contributed by atoms with Gasteiger partial charge < -0.3 is 14.5 Å². The Balaban J connectivity index is 2.07. The smallest absolute Gasteiger partial charge is 0.329 e. The number of hydrogen-bond donors (Lipinski definition) is 1. The molecule has 1 N–H and O–H groups in total. The Morgan fingerprint density at radius 3 is 2.68 bits per heavy atom. The number of carbonyl (C=O) groups excluding carboxylic acids is 1. The Hall–Kier alpha value is -3.02. The van der Waals surface area contributed by atoms with E-state index in [0.29, 0.717) is 17.9 Å². The first-order chi connectivity index (χ1) is 12.0. The fourth-order valence-corrected chi connectivity index (χ4v) is 3.12. The topological polar surface area (TPSA) is 73.3 Å². The number of nitrogens with zero attached hydrogens (tertiary/aromatic N) is 1. The lowest BCUT2D eigenvalue weighted by atomic mass is 10.0. The third-order valence-corrected chi connectivity index (χ3v) is 4.34. The van der Waals surface area contributed by atoms with Gasteiger partial charge in [-0.2, -0.15) is 0 Å². The molecule has 130 valence electrons. The van der Waals surface area contributed by atoms with Crippen LogP contribution in [0.25, 0.3) is 10.9 Å². The summed E-state index contributed by atoms with van der Waals surface area (Å²) in [4.78, 5) is 28.1. The third kappa shape index (κ3) is 3.15. The molecule has 0 aliphatic carbocycles. The van der Waals surface area contributed by atoms with Crippen LogP contribution in [0.15, 0.2) is 47.4 Å². The number of esters is 1. The van der Waals surface area contributed by atoms with E-state index in [4.69, 9.17) is 9.47 Å². The van der Waals surface area contributed by atoms with Gasteiger partial charge in [0.1, 0.15) is 11.8 Å². The maximum Gasteiger partial charge on any atom is 0.329 e. The van der Waals surface area contributed by atoms with E-state index in [1.807, 2.05) is 30.5 Å². The Kier molecular flexibility index (Phi) is 4.61.